The minimum atomic E-state index is 0. The Morgan fingerprint density at radius 3 is 2.92 bits per heavy atom. The molecule has 1 aliphatic rings. The van der Waals surface area contributed by atoms with E-state index >= 15 is 0 Å². The zero-order chi connectivity index (χ0) is 17.5. The average molecular weight is 506 g/mol. The van der Waals surface area contributed by atoms with Crippen LogP contribution in [0.15, 0.2) is 22.5 Å². The first kappa shape index (κ1) is 21.5. The lowest BCUT2D eigenvalue weighted by atomic mass is 10.2. The minimum Gasteiger partial charge on any atom is -0.356 e. The van der Waals surface area contributed by atoms with E-state index in [4.69, 9.17) is 4.99 Å². The van der Waals surface area contributed by atoms with Gasteiger partial charge in [0.1, 0.15) is 12.4 Å². The van der Waals surface area contributed by atoms with Crippen molar-refractivity contribution in [1.82, 2.24) is 25.4 Å². The van der Waals surface area contributed by atoms with E-state index in [1.807, 2.05) is 18.5 Å². The first-order valence-corrected chi connectivity index (χ1v) is 10.7. The van der Waals surface area contributed by atoms with Gasteiger partial charge in [0.2, 0.25) is 0 Å². The maximum Gasteiger partial charge on any atom is 0.191 e. The van der Waals surface area contributed by atoms with Gasteiger partial charge in [-0.1, -0.05) is 6.07 Å². The highest BCUT2D eigenvalue weighted by Crippen LogP contribution is 2.25. The zero-order valence-corrected chi connectivity index (χ0v) is 19.2. The Morgan fingerprint density at radius 1 is 1.38 bits per heavy atom. The van der Waals surface area contributed by atoms with Crippen LogP contribution in [0.5, 0.6) is 0 Å². The Labute approximate surface area is 180 Å². The molecule has 0 saturated carbocycles. The number of thioether (sulfide) groups is 1. The van der Waals surface area contributed by atoms with Crippen LogP contribution in [-0.2, 0) is 20.0 Å². The number of thiophene rings is 1. The van der Waals surface area contributed by atoms with Crippen LogP contribution < -0.4 is 10.6 Å². The van der Waals surface area contributed by atoms with Gasteiger partial charge in [0.15, 0.2) is 11.8 Å². The lowest BCUT2D eigenvalue weighted by Gasteiger charge is -2.15. The summed E-state index contributed by atoms with van der Waals surface area (Å²) in [5.41, 5.74) is 0. The molecule has 3 heterocycles. The molecule has 1 aliphatic heterocycles. The monoisotopic (exact) mass is 506 g/mol. The van der Waals surface area contributed by atoms with Gasteiger partial charge in [-0.15, -0.1) is 45.5 Å². The molecular weight excluding hydrogens is 479 g/mol. The number of rotatable bonds is 7. The van der Waals surface area contributed by atoms with Gasteiger partial charge in [0.05, 0.1) is 0 Å². The van der Waals surface area contributed by atoms with Gasteiger partial charge < -0.3 is 15.2 Å². The summed E-state index contributed by atoms with van der Waals surface area (Å²) >= 11 is 3.85. The second-order valence-corrected chi connectivity index (χ2v) is 8.60. The summed E-state index contributed by atoms with van der Waals surface area (Å²) in [6.45, 7) is 4.33. The van der Waals surface area contributed by atoms with Gasteiger partial charge >= 0.3 is 0 Å². The molecule has 2 N–H and O–H groups in total. The minimum absolute atomic E-state index is 0. The Morgan fingerprint density at radius 2 is 2.27 bits per heavy atom. The molecule has 0 aliphatic carbocycles. The summed E-state index contributed by atoms with van der Waals surface area (Å²) in [4.78, 5) is 6.10. The molecule has 2 aromatic rings. The maximum absolute atomic E-state index is 4.71. The van der Waals surface area contributed by atoms with Crippen molar-refractivity contribution in [2.75, 3.05) is 18.8 Å². The summed E-state index contributed by atoms with van der Waals surface area (Å²) in [5, 5.41) is 18.1. The van der Waals surface area contributed by atoms with Gasteiger partial charge in [-0.05, 0) is 43.4 Å². The third-order valence-corrected chi connectivity index (χ3v) is 6.66. The van der Waals surface area contributed by atoms with Crippen LogP contribution in [0.2, 0.25) is 0 Å². The van der Waals surface area contributed by atoms with Gasteiger partial charge in [-0.2, -0.15) is 11.8 Å². The molecule has 0 spiro atoms. The quantitative estimate of drug-likeness (QED) is 0.344. The third-order valence-electron chi connectivity index (χ3n) is 4.33. The van der Waals surface area contributed by atoms with Crippen molar-refractivity contribution in [1.29, 1.82) is 0 Å². The molecule has 1 fully saturated rings. The molecule has 9 heteroatoms. The highest BCUT2D eigenvalue weighted by molar-refractivity contribution is 14.0. The van der Waals surface area contributed by atoms with E-state index in [1.54, 1.807) is 11.3 Å². The number of nitrogens with one attached hydrogen (secondary N) is 2. The molecule has 1 saturated heterocycles. The van der Waals surface area contributed by atoms with Gasteiger partial charge in [-0.3, -0.25) is 0 Å². The Kier molecular flexibility index (Phi) is 9.20. The fraction of sp³-hybridized carbons (Fsp3) is 0.588. The first-order chi connectivity index (χ1) is 12.2. The normalized spacial score (nSPS) is 17.2. The molecule has 0 radical (unpaired) electrons. The number of hydrogen-bond acceptors (Lipinski definition) is 5. The Hall–Kier alpha value is -0.810. The molecule has 144 valence electrons. The first-order valence-electron chi connectivity index (χ1n) is 8.73. The molecule has 0 aromatic carbocycles. The van der Waals surface area contributed by atoms with Crippen molar-refractivity contribution in [2.45, 2.75) is 38.0 Å². The van der Waals surface area contributed by atoms with E-state index in [2.05, 4.69) is 50.1 Å². The number of aliphatic imine (C=N–C) groups is 1. The van der Waals surface area contributed by atoms with Crippen LogP contribution in [0.1, 0.15) is 29.4 Å². The molecule has 1 unspecified atom stereocenters. The van der Waals surface area contributed by atoms with Crippen molar-refractivity contribution in [3.63, 3.8) is 0 Å². The Balaban J connectivity index is 0.00000243. The van der Waals surface area contributed by atoms with E-state index in [0.717, 1.165) is 37.1 Å². The molecule has 0 amide bonds. The van der Waals surface area contributed by atoms with Crippen LogP contribution in [0.4, 0.5) is 0 Å². The summed E-state index contributed by atoms with van der Waals surface area (Å²) in [6.07, 6.45) is 3.63. The molecule has 0 bridgehead atoms. The second kappa shape index (κ2) is 11.1. The number of halogens is 1. The Bertz CT molecular complexity index is 679. The average Bonchev–Trinajstić information content (AvgIpc) is 3.36. The van der Waals surface area contributed by atoms with Gasteiger partial charge in [0.25, 0.3) is 0 Å². The number of aryl methyl sites for hydroxylation is 1. The van der Waals surface area contributed by atoms with E-state index in [-0.39, 0.29) is 24.0 Å². The maximum atomic E-state index is 4.71. The van der Waals surface area contributed by atoms with E-state index < -0.39 is 0 Å². The van der Waals surface area contributed by atoms with E-state index in [9.17, 15) is 0 Å². The molecule has 3 rings (SSSR count). The van der Waals surface area contributed by atoms with Crippen LogP contribution in [-0.4, -0.2) is 44.8 Å². The highest BCUT2D eigenvalue weighted by Gasteiger charge is 2.15. The van der Waals surface area contributed by atoms with Crippen LogP contribution in [0, 0.1) is 6.92 Å². The van der Waals surface area contributed by atoms with Gasteiger partial charge in [0, 0.05) is 30.3 Å². The van der Waals surface area contributed by atoms with Crippen molar-refractivity contribution in [3.8, 4) is 0 Å². The van der Waals surface area contributed by atoms with Crippen molar-refractivity contribution >= 4 is 53.0 Å². The predicted octanol–water partition coefficient (Wildman–Crippen LogP) is 2.98. The van der Waals surface area contributed by atoms with Crippen molar-refractivity contribution in [3.05, 3.63) is 34.0 Å². The largest absolute Gasteiger partial charge is 0.356 e. The lowest BCUT2D eigenvalue weighted by molar-refractivity contribution is 0.714. The molecule has 26 heavy (non-hydrogen) atoms. The molecular formula is C17H27IN6S2. The van der Waals surface area contributed by atoms with Crippen LogP contribution >= 0.6 is 47.1 Å². The molecule has 2 aromatic heterocycles. The summed E-state index contributed by atoms with van der Waals surface area (Å²) in [5.74, 6) is 3.94. The topological polar surface area (TPSA) is 67.1 Å². The standard InChI is InChI=1S/C17H26N6S2.HI/c1-13-21-22-16(23(13)2)12-20-17(19-11-15-6-4-10-25-15)18-8-7-14-5-3-9-24-14;/h3,5,9,15H,4,6-8,10-12H2,1-2H3,(H2,18,19,20);1H. The zero-order valence-electron chi connectivity index (χ0n) is 15.3. The van der Waals surface area contributed by atoms with Crippen LogP contribution in [0.25, 0.3) is 0 Å². The number of aromatic nitrogens is 3. The predicted molar refractivity (Wildman–Crippen MR) is 122 cm³/mol. The lowest BCUT2D eigenvalue weighted by Crippen LogP contribution is -2.41. The third kappa shape index (κ3) is 6.41. The fourth-order valence-electron chi connectivity index (χ4n) is 2.69. The number of guanidine groups is 1. The van der Waals surface area contributed by atoms with E-state index in [0.29, 0.717) is 11.8 Å². The number of hydrogen-bond donors (Lipinski definition) is 2. The highest BCUT2D eigenvalue weighted by atomic mass is 127. The van der Waals surface area contributed by atoms with Crippen LogP contribution in [0.3, 0.4) is 0 Å². The summed E-state index contributed by atoms with van der Waals surface area (Å²) in [7, 11) is 1.98. The fourth-order valence-corrected chi connectivity index (χ4v) is 4.60. The van der Waals surface area contributed by atoms with Crippen molar-refractivity contribution < 1.29 is 0 Å². The molecule has 6 nitrogen and oxygen atoms in total. The second-order valence-electron chi connectivity index (χ2n) is 6.16. The summed E-state index contributed by atoms with van der Waals surface area (Å²) in [6, 6.07) is 4.27. The number of nitrogens with zero attached hydrogens (tertiary/aromatic N) is 4. The molecule has 1 atom stereocenters. The van der Waals surface area contributed by atoms with Crippen molar-refractivity contribution in [2.24, 2.45) is 12.0 Å². The van der Waals surface area contributed by atoms with Gasteiger partial charge in [-0.25, -0.2) is 4.99 Å². The van der Waals surface area contributed by atoms with E-state index in [1.165, 1.54) is 23.5 Å². The SMILES string of the molecule is Cc1nnc(CN=C(NCCc2cccs2)NCC2CCCS2)n1C.I. The smallest absolute Gasteiger partial charge is 0.191 e. The summed E-state index contributed by atoms with van der Waals surface area (Å²) < 4.78 is 1.99.